The first-order chi connectivity index (χ1) is 24.0. The highest BCUT2D eigenvalue weighted by atomic mass is 35.5. The standard InChI is InChI=1S/C43H78ClNO3S/c1-3-5-7-9-11-13-15-17-19-21-23-25-27-29-31-33-38-45(43(46)40-36-35-37-41(44)42(40)49(47)48)39-34-32-30-28-26-24-22-20-18-16-14-12-10-8-6-4-2/h35-37,40H,3-34,38-39H2,1-2H3. The van der Waals surface area contributed by atoms with E-state index in [1.807, 2.05) is 4.90 Å². The second-order valence-electron chi connectivity index (χ2n) is 14.9. The number of allylic oxidation sites excluding steroid dienone is 3. The highest BCUT2D eigenvalue weighted by Crippen LogP contribution is 2.22. The summed E-state index contributed by atoms with van der Waals surface area (Å²) in [5.41, 5.74) is 0. The number of carbonyl (C=O) groups excluding carboxylic acids is 1. The molecular weight excluding hydrogens is 646 g/mol. The molecule has 0 spiro atoms. The molecule has 0 aromatic heterocycles. The highest BCUT2D eigenvalue weighted by Gasteiger charge is 2.30. The van der Waals surface area contributed by atoms with Crippen LogP contribution in [0.3, 0.4) is 0 Å². The number of halogens is 1. The van der Waals surface area contributed by atoms with Gasteiger partial charge in [0.1, 0.15) is 4.86 Å². The molecule has 6 heteroatoms. The molecule has 1 aliphatic rings. The molecule has 286 valence electrons. The van der Waals surface area contributed by atoms with Crippen molar-refractivity contribution in [1.82, 2.24) is 4.90 Å². The van der Waals surface area contributed by atoms with E-state index in [2.05, 4.69) is 13.8 Å². The van der Waals surface area contributed by atoms with Crippen LogP contribution >= 0.6 is 11.6 Å². The number of hydrogen-bond donors (Lipinski definition) is 0. The number of hydrogen-bond acceptors (Lipinski definition) is 3. The second kappa shape index (κ2) is 34.0. The molecule has 0 heterocycles. The van der Waals surface area contributed by atoms with E-state index in [4.69, 9.17) is 11.6 Å². The number of amides is 1. The summed E-state index contributed by atoms with van der Waals surface area (Å²) in [6.45, 7) is 5.95. The van der Waals surface area contributed by atoms with Gasteiger partial charge in [0.2, 0.25) is 16.2 Å². The van der Waals surface area contributed by atoms with Crippen LogP contribution in [0.5, 0.6) is 0 Å². The lowest BCUT2D eigenvalue weighted by atomic mass is 9.98. The molecule has 0 bridgehead atoms. The summed E-state index contributed by atoms with van der Waals surface area (Å²) in [6, 6.07) is 0. The van der Waals surface area contributed by atoms with Gasteiger partial charge in [-0.3, -0.25) is 4.79 Å². The first-order valence-corrected chi connectivity index (χ1v) is 22.8. The van der Waals surface area contributed by atoms with E-state index in [1.165, 1.54) is 180 Å². The average molecular weight is 725 g/mol. The Morgan fingerprint density at radius 2 is 0.816 bits per heavy atom. The van der Waals surface area contributed by atoms with Crippen LogP contribution in [-0.2, 0) is 15.1 Å². The van der Waals surface area contributed by atoms with Crippen molar-refractivity contribution in [3.63, 3.8) is 0 Å². The van der Waals surface area contributed by atoms with Gasteiger partial charge in [-0.05, 0) is 18.9 Å². The Balaban J connectivity index is 2.26. The lowest BCUT2D eigenvalue weighted by Gasteiger charge is -2.27. The van der Waals surface area contributed by atoms with Crippen LogP contribution in [0.2, 0.25) is 0 Å². The van der Waals surface area contributed by atoms with Crippen molar-refractivity contribution < 1.29 is 13.2 Å². The molecule has 49 heavy (non-hydrogen) atoms. The van der Waals surface area contributed by atoms with Gasteiger partial charge in [0, 0.05) is 13.1 Å². The Kier molecular flexibility index (Phi) is 31.9. The van der Waals surface area contributed by atoms with Crippen LogP contribution < -0.4 is 0 Å². The summed E-state index contributed by atoms with van der Waals surface area (Å²) >= 11 is 6.23. The molecule has 1 atom stereocenters. The van der Waals surface area contributed by atoms with Crippen molar-refractivity contribution in [3.8, 4) is 0 Å². The van der Waals surface area contributed by atoms with Crippen molar-refractivity contribution in [3.05, 3.63) is 23.3 Å². The molecule has 1 amide bonds. The van der Waals surface area contributed by atoms with Gasteiger partial charge in [0.05, 0.1) is 11.0 Å². The zero-order valence-corrected chi connectivity index (χ0v) is 33.9. The zero-order valence-electron chi connectivity index (χ0n) is 32.3. The van der Waals surface area contributed by atoms with Crippen LogP contribution in [0.1, 0.15) is 219 Å². The van der Waals surface area contributed by atoms with Gasteiger partial charge in [-0.15, -0.1) is 0 Å². The smallest absolute Gasteiger partial charge is 0.235 e. The van der Waals surface area contributed by atoms with E-state index in [9.17, 15) is 13.2 Å². The van der Waals surface area contributed by atoms with E-state index in [-0.39, 0.29) is 15.8 Å². The molecule has 0 saturated carbocycles. The summed E-state index contributed by atoms with van der Waals surface area (Å²) in [7, 11) is -2.52. The lowest BCUT2D eigenvalue weighted by Crippen LogP contribution is -2.40. The third-order valence-electron chi connectivity index (χ3n) is 10.4. The van der Waals surface area contributed by atoms with E-state index in [0.717, 1.165) is 25.7 Å². The van der Waals surface area contributed by atoms with Gasteiger partial charge in [-0.1, -0.05) is 230 Å². The fraction of sp³-hybridized carbons (Fsp3) is 0.860. The van der Waals surface area contributed by atoms with Gasteiger partial charge in [0.25, 0.3) is 0 Å². The summed E-state index contributed by atoms with van der Waals surface area (Å²) in [5.74, 6) is -0.929. The van der Waals surface area contributed by atoms with Gasteiger partial charge >= 0.3 is 0 Å². The Hall–Kier alpha value is -1.07. The minimum atomic E-state index is -2.52. The van der Waals surface area contributed by atoms with Crippen molar-refractivity contribution in [2.45, 2.75) is 219 Å². The normalized spacial score (nSPS) is 14.4. The van der Waals surface area contributed by atoms with Crippen molar-refractivity contribution in [2.24, 2.45) is 5.92 Å². The van der Waals surface area contributed by atoms with Gasteiger partial charge < -0.3 is 4.90 Å². The SMILES string of the molecule is CCCCCCCCCCCCCCCCCCN(CCCCCCCCCCCCCCCCCC)C(=O)C1C=CC=C(Cl)C1=S(=O)=O. The molecule has 1 unspecified atom stereocenters. The maximum Gasteiger partial charge on any atom is 0.235 e. The predicted octanol–water partition coefficient (Wildman–Crippen LogP) is 13.7. The van der Waals surface area contributed by atoms with Crippen LogP contribution in [0.15, 0.2) is 23.3 Å². The van der Waals surface area contributed by atoms with Crippen LogP contribution in [0.25, 0.3) is 0 Å². The van der Waals surface area contributed by atoms with E-state index < -0.39 is 16.2 Å². The van der Waals surface area contributed by atoms with E-state index in [0.29, 0.717) is 13.1 Å². The maximum absolute atomic E-state index is 13.6. The molecule has 4 nitrogen and oxygen atoms in total. The summed E-state index contributed by atoms with van der Waals surface area (Å²) in [6.07, 6.45) is 47.3. The lowest BCUT2D eigenvalue weighted by molar-refractivity contribution is -0.132. The third-order valence-corrected chi connectivity index (χ3v) is 11.7. The third kappa shape index (κ3) is 25.5. The Morgan fingerprint density at radius 1 is 0.531 bits per heavy atom. The van der Waals surface area contributed by atoms with Gasteiger partial charge in [0.15, 0.2) is 0 Å². The first-order valence-electron chi connectivity index (χ1n) is 21.3. The molecule has 0 aliphatic heterocycles. The molecule has 0 aromatic carbocycles. The minimum Gasteiger partial charge on any atom is -0.342 e. The number of carbonyl (C=O) groups is 1. The molecule has 0 fully saturated rings. The maximum atomic E-state index is 13.6. The highest BCUT2D eigenvalue weighted by molar-refractivity contribution is 7.73. The quantitative estimate of drug-likeness (QED) is 0.0483. The molecule has 1 rings (SSSR count). The zero-order chi connectivity index (χ0) is 35.6. The largest absolute Gasteiger partial charge is 0.342 e. The fourth-order valence-electron chi connectivity index (χ4n) is 7.18. The van der Waals surface area contributed by atoms with E-state index in [1.54, 1.807) is 18.2 Å². The van der Waals surface area contributed by atoms with Crippen molar-refractivity contribution in [2.75, 3.05) is 13.1 Å². The monoisotopic (exact) mass is 724 g/mol. The molecule has 0 radical (unpaired) electrons. The molecular formula is C43H78ClNO3S. The minimum absolute atomic E-state index is 0.0121. The molecule has 0 aromatic rings. The Bertz CT molecular complexity index is 945. The van der Waals surface area contributed by atoms with Gasteiger partial charge in [-0.25, -0.2) is 0 Å². The number of unbranched alkanes of at least 4 members (excludes halogenated alkanes) is 30. The topological polar surface area (TPSA) is 54.5 Å². The van der Waals surface area contributed by atoms with Crippen LogP contribution in [-0.4, -0.2) is 37.2 Å². The van der Waals surface area contributed by atoms with Crippen LogP contribution in [0.4, 0.5) is 0 Å². The Morgan fingerprint density at radius 3 is 1.10 bits per heavy atom. The van der Waals surface area contributed by atoms with E-state index >= 15 is 0 Å². The number of rotatable bonds is 35. The first kappa shape index (κ1) is 46.0. The summed E-state index contributed by atoms with van der Waals surface area (Å²) in [5, 5.41) is 0.152. The molecule has 0 N–H and O–H groups in total. The van der Waals surface area contributed by atoms with Gasteiger partial charge in [-0.2, -0.15) is 8.42 Å². The fourth-order valence-corrected chi connectivity index (χ4v) is 8.17. The second-order valence-corrected chi connectivity index (χ2v) is 16.2. The average Bonchev–Trinajstić information content (AvgIpc) is 3.09. The Labute approximate surface area is 311 Å². The van der Waals surface area contributed by atoms with Crippen molar-refractivity contribution >= 4 is 32.7 Å². The predicted molar refractivity (Wildman–Crippen MR) is 216 cm³/mol. The van der Waals surface area contributed by atoms with Crippen LogP contribution in [0, 0.1) is 5.92 Å². The summed E-state index contributed by atoms with van der Waals surface area (Å²) in [4.78, 5) is 15.6. The number of nitrogens with zero attached hydrogens (tertiary/aromatic N) is 1. The van der Waals surface area contributed by atoms with Crippen molar-refractivity contribution in [1.29, 1.82) is 0 Å². The summed E-state index contributed by atoms with van der Waals surface area (Å²) < 4.78 is 23.9. The molecule has 1 aliphatic carbocycles. The molecule has 0 saturated heterocycles.